The van der Waals surface area contributed by atoms with E-state index in [9.17, 15) is 9.59 Å². The smallest absolute Gasteiger partial charge is 0.275 e. The van der Waals surface area contributed by atoms with Crippen molar-refractivity contribution in [3.8, 4) is 11.3 Å². The molecule has 3 aromatic rings. The molecule has 2 heterocycles. The predicted molar refractivity (Wildman–Crippen MR) is 98.8 cm³/mol. The summed E-state index contributed by atoms with van der Waals surface area (Å²) < 4.78 is 6.56. The molecular weight excluding hydrogens is 330 g/mol. The second-order valence-corrected chi connectivity index (χ2v) is 6.22. The summed E-state index contributed by atoms with van der Waals surface area (Å²) in [4.78, 5) is 27.1. The van der Waals surface area contributed by atoms with Gasteiger partial charge in [-0.2, -0.15) is 5.10 Å². The summed E-state index contributed by atoms with van der Waals surface area (Å²) in [5, 5.41) is 5.89. The summed E-state index contributed by atoms with van der Waals surface area (Å²) >= 11 is 0. The molecular formula is C20H19N3O3. The Labute approximate surface area is 150 Å². The Morgan fingerprint density at radius 1 is 0.962 bits per heavy atom. The predicted octanol–water partition coefficient (Wildman–Crippen LogP) is 1.92. The van der Waals surface area contributed by atoms with Crippen LogP contribution in [-0.4, -0.2) is 46.9 Å². The van der Waals surface area contributed by atoms with Gasteiger partial charge in [0, 0.05) is 24.0 Å². The lowest BCUT2D eigenvalue weighted by Crippen LogP contribution is -2.43. The number of nitrogens with zero attached hydrogens (tertiary/aromatic N) is 3. The third-order valence-corrected chi connectivity index (χ3v) is 4.56. The van der Waals surface area contributed by atoms with Gasteiger partial charge in [-0.3, -0.25) is 9.59 Å². The van der Waals surface area contributed by atoms with Crippen molar-refractivity contribution in [1.29, 1.82) is 0 Å². The van der Waals surface area contributed by atoms with Crippen molar-refractivity contribution in [3.05, 3.63) is 65.0 Å². The minimum Gasteiger partial charge on any atom is -0.378 e. The zero-order chi connectivity index (χ0) is 17.9. The van der Waals surface area contributed by atoms with E-state index in [2.05, 4.69) is 5.10 Å². The van der Waals surface area contributed by atoms with Crippen LogP contribution in [0.25, 0.3) is 22.0 Å². The van der Waals surface area contributed by atoms with Gasteiger partial charge in [-0.15, -0.1) is 0 Å². The van der Waals surface area contributed by atoms with E-state index in [-0.39, 0.29) is 18.0 Å². The number of rotatable bonds is 3. The molecule has 1 aliphatic heterocycles. The average Bonchev–Trinajstić information content (AvgIpc) is 2.71. The van der Waals surface area contributed by atoms with Gasteiger partial charge in [0.2, 0.25) is 5.91 Å². The minimum absolute atomic E-state index is 0.0660. The van der Waals surface area contributed by atoms with Crippen LogP contribution < -0.4 is 5.56 Å². The van der Waals surface area contributed by atoms with Crippen molar-refractivity contribution in [2.24, 2.45) is 0 Å². The molecule has 0 N–H and O–H groups in total. The number of hydrogen-bond donors (Lipinski definition) is 0. The second kappa shape index (κ2) is 7.09. The van der Waals surface area contributed by atoms with Crippen LogP contribution in [-0.2, 0) is 16.1 Å². The molecule has 0 bridgehead atoms. The van der Waals surface area contributed by atoms with E-state index >= 15 is 0 Å². The fourth-order valence-corrected chi connectivity index (χ4v) is 3.19. The van der Waals surface area contributed by atoms with Gasteiger partial charge in [0.25, 0.3) is 5.56 Å². The second-order valence-electron chi connectivity index (χ2n) is 6.22. The zero-order valence-electron chi connectivity index (χ0n) is 14.3. The van der Waals surface area contributed by atoms with Crippen LogP contribution in [0.1, 0.15) is 0 Å². The lowest BCUT2D eigenvalue weighted by atomic mass is 10.1. The highest BCUT2D eigenvalue weighted by Gasteiger charge is 2.19. The number of carbonyl (C=O) groups excluding carboxylic acids is 1. The molecule has 6 heteroatoms. The highest BCUT2D eigenvalue weighted by molar-refractivity contribution is 5.93. The van der Waals surface area contributed by atoms with Crippen LogP contribution in [0.3, 0.4) is 0 Å². The molecule has 2 aromatic carbocycles. The number of benzene rings is 2. The minimum atomic E-state index is -0.248. The summed E-state index contributed by atoms with van der Waals surface area (Å²) in [6.45, 7) is 2.09. The number of hydrogen-bond acceptors (Lipinski definition) is 4. The zero-order valence-corrected chi connectivity index (χ0v) is 14.3. The van der Waals surface area contributed by atoms with Gasteiger partial charge in [0.05, 0.1) is 24.3 Å². The van der Waals surface area contributed by atoms with Crippen molar-refractivity contribution < 1.29 is 9.53 Å². The first kappa shape index (κ1) is 16.5. The molecule has 0 aliphatic carbocycles. The molecule has 6 nitrogen and oxygen atoms in total. The third kappa shape index (κ3) is 3.11. The Morgan fingerprint density at radius 3 is 2.35 bits per heavy atom. The maximum absolute atomic E-state index is 12.8. The van der Waals surface area contributed by atoms with Crippen molar-refractivity contribution >= 4 is 16.7 Å². The summed E-state index contributed by atoms with van der Waals surface area (Å²) in [7, 11) is 0. The molecule has 1 aliphatic rings. The Bertz CT molecular complexity index is 992. The molecule has 0 unspecified atom stereocenters. The van der Waals surface area contributed by atoms with Crippen molar-refractivity contribution in [2.75, 3.05) is 26.3 Å². The SMILES string of the molecule is O=C(Cn1nc(-c2ccccc2)c2ccccc2c1=O)N1CCOCC1. The van der Waals surface area contributed by atoms with E-state index in [1.807, 2.05) is 48.5 Å². The molecule has 1 saturated heterocycles. The highest BCUT2D eigenvalue weighted by atomic mass is 16.5. The van der Waals surface area contributed by atoms with E-state index < -0.39 is 0 Å². The Hall–Kier alpha value is -2.99. The fraction of sp³-hybridized carbons (Fsp3) is 0.250. The summed E-state index contributed by atoms with van der Waals surface area (Å²) in [5.74, 6) is -0.114. The van der Waals surface area contributed by atoms with Gasteiger partial charge >= 0.3 is 0 Å². The molecule has 1 aromatic heterocycles. The number of fused-ring (bicyclic) bond motifs is 1. The van der Waals surface area contributed by atoms with Gasteiger partial charge in [0.1, 0.15) is 6.54 Å². The molecule has 26 heavy (non-hydrogen) atoms. The van der Waals surface area contributed by atoms with Crippen LogP contribution in [0.5, 0.6) is 0 Å². The molecule has 0 saturated carbocycles. The van der Waals surface area contributed by atoms with E-state index in [4.69, 9.17) is 4.74 Å². The summed E-state index contributed by atoms with van der Waals surface area (Å²) in [6, 6.07) is 17.1. The van der Waals surface area contributed by atoms with Crippen LogP contribution in [0, 0.1) is 0 Å². The first-order valence-electron chi connectivity index (χ1n) is 8.65. The number of amides is 1. The van der Waals surface area contributed by atoms with Gasteiger partial charge in [0.15, 0.2) is 0 Å². The van der Waals surface area contributed by atoms with E-state index in [1.165, 1.54) is 4.68 Å². The molecule has 4 rings (SSSR count). The lowest BCUT2D eigenvalue weighted by Gasteiger charge is -2.27. The van der Waals surface area contributed by atoms with Gasteiger partial charge in [-0.05, 0) is 6.07 Å². The number of aromatic nitrogens is 2. The van der Waals surface area contributed by atoms with Crippen molar-refractivity contribution in [2.45, 2.75) is 6.54 Å². The molecule has 0 atom stereocenters. The average molecular weight is 349 g/mol. The standard InChI is InChI=1S/C20H19N3O3/c24-18(22-10-12-26-13-11-22)14-23-20(25)17-9-5-4-8-16(17)19(21-23)15-6-2-1-3-7-15/h1-9H,10-14H2. The maximum Gasteiger partial charge on any atom is 0.275 e. The Morgan fingerprint density at radius 2 is 1.62 bits per heavy atom. The van der Waals surface area contributed by atoms with E-state index in [0.717, 1.165) is 10.9 Å². The van der Waals surface area contributed by atoms with Crippen LogP contribution in [0.4, 0.5) is 0 Å². The number of carbonyl (C=O) groups is 1. The molecule has 0 radical (unpaired) electrons. The molecule has 1 fully saturated rings. The van der Waals surface area contributed by atoms with Gasteiger partial charge < -0.3 is 9.64 Å². The number of morpholine rings is 1. The maximum atomic E-state index is 12.8. The lowest BCUT2D eigenvalue weighted by molar-refractivity contribution is -0.136. The highest BCUT2D eigenvalue weighted by Crippen LogP contribution is 2.24. The van der Waals surface area contributed by atoms with E-state index in [0.29, 0.717) is 37.4 Å². The largest absolute Gasteiger partial charge is 0.378 e. The van der Waals surface area contributed by atoms with Gasteiger partial charge in [-0.25, -0.2) is 4.68 Å². The fourth-order valence-electron chi connectivity index (χ4n) is 3.19. The van der Waals surface area contributed by atoms with Crippen molar-refractivity contribution in [1.82, 2.24) is 14.7 Å². The molecule has 132 valence electrons. The Balaban J connectivity index is 1.79. The van der Waals surface area contributed by atoms with Crippen LogP contribution in [0.15, 0.2) is 59.4 Å². The third-order valence-electron chi connectivity index (χ3n) is 4.56. The molecule has 1 amide bonds. The normalized spacial score (nSPS) is 14.5. The topological polar surface area (TPSA) is 64.4 Å². The molecule has 0 spiro atoms. The van der Waals surface area contributed by atoms with Crippen molar-refractivity contribution in [3.63, 3.8) is 0 Å². The monoisotopic (exact) mass is 349 g/mol. The van der Waals surface area contributed by atoms with Gasteiger partial charge in [-0.1, -0.05) is 48.5 Å². The van der Waals surface area contributed by atoms with Crippen LogP contribution >= 0.6 is 0 Å². The Kier molecular flexibility index (Phi) is 4.50. The quantitative estimate of drug-likeness (QED) is 0.725. The summed E-state index contributed by atoms with van der Waals surface area (Å²) in [5.41, 5.74) is 1.37. The van der Waals surface area contributed by atoms with Crippen LogP contribution in [0.2, 0.25) is 0 Å². The first-order valence-corrected chi connectivity index (χ1v) is 8.65. The number of ether oxygens (including phenoxy) is 1. The summed E-state index contributed by atoms with van der Waals surface area (Å²) in [6.07, 6.45) is 0. The first-order chi connectivity index (χ1) is 12.7. The van der Waals surface area contributed by atoms with E-state index in [1.54, 1.807) is 11.0 Å².